The number of amides is 1. The highest BCUT2D eigenvalue weighted by atomic mass is 16.4. The van der Waals surface area contributed by atoms with Crippen molar-refractivity contribution in [3.8, 4) is 0 Å². The minimum absolute atomic E-state index is 0.0593. The van der Waals surface area contributed by atoms with Gasteiger partial charge in [0, 0.05) is 5.54 Å². The van der Waals surface area contributed by atoms with E-state index in [2.05, 4.69) is 10.3 Å². The lowest BCUT2D eigenvalue weighted by molar-refractivity contribution is -0.138. The maximum atomic E-state index is 11.6. The second kappa shape index (κ2) is 4.34. The van der Waals surface area contributed by atoms with Crippen molar-refractivity contribution < 1.29 is 19.1 Å². The Morgan fingerprint density at radius 1 is 1.56 bits per heavy atom. The standard InChI is InChI=1S/C10H14N2O4/c1-6-5-16-9(11-6)8(15)12-10(2,3)4-7(13)14/h5H,4H2,1-3H3,(H,12,15)(H,13,14). The molecule has 6 nitrogen and oxygen atoms in total. The third-order valence-electron chi connectivity index (χ3n) is 1.86. The maximum Gasteiger partial charge on any atom is 0.307 e. The largest absolute Gasteiger partial charge is 0.481 e. The Hall–Kier alpha value is -1.85. The van der Waals surface area contributed by atoms with Gasteiger partial charge in [-0.1, -0.05) is 0 Å². The first-order valence-electron chi connectivity index (χ1n) is 4.76. The molecule has 0 atom stereocenters. The van der Waals surface area contributed by atoms with Crippen LogP contribution in [0.5, 0.6) is 0 Å². The number of carboxylic acid groups (broad SMARTS) is 1. The molecular weight excluding hydrogens is 212 g/mol. The first kappa shape index (κ1) is 12.2. The summed E-state index contributed by atoms with van der Waals surface area (Å²) in [6.07, 6.45) is 1.19. The van der Waals surface area contributed by atoms with Crippen LogP contribution in [0.2, 0.25) is 0 Å². The number of carboxylic acids is 1. The lowest BCUT2D eigenvalue weighted by Gasteiger charge is -2.23. The average Bonchev–Trinajstić information content (AvgIpc) is 2.47. The van der Waals surface area contributed by atoms with Gasteiger partial charge >= 0.3 is 11.9 Å². The number of nitrogens with zero attached hydrogens (tertiary/aromatic N) is 1. The van der Waals surface area contributed by atoms with Gasteiger partial charge in [0.15, 0.2) is 0 Å². The summed E-state index contributed by atoms with van der Waals surface area (Å²) in [4.78, 5) is 26.0. The van der Waals surface area contributed by atoms with Crippen molar-refractivity contribution >= 4 is 11.9 Å². The van der Waals surface area contributed by atoms with Gasteiger partial charge in [0.1, 0.15) is 6.26 Å². The zero-order valence-electron chi connectivity index (χ0n) is 9.40. The van der Waals surface area contributed by atoms with Crippen molar-refractivity contribution in [2.45, 2.75) is 32.7 Å². The summed E-state index contributed by atoms with van der Waals surface area (Å²) < 4.78 is 4.91. The second-order valence-corrected chi connectivity index (χ2v) is 4.20. The van der Waals surface area contributed by atoms with Gasteiger partial charge in [-0.05, 0) is 20.8 Å². The molecule has 0 bridgehead atoms. The Kier molecular flexibility index (Phi) is 3.31. The van der Waals surface area contributed by atoms with Gasteiger partial charge in [0.05, 0.1) is 12.1 Å². The number of oxazole rings is 1. The third kappa shape index (κ3) is 3.38. The molecule has 0 aliphatic rings. The Balaban J connectivity index is 2.67. The molecule has 16 heavy (non-hydrogen) atoms. The Bertz CT molecular complexity index is 409. The normalized spacial score (nSPS) is 11.2. The van der Waals surface area contributed by atoms with E-state index in [0.717, 1.165) is 0 Å². The van der Waals surface area contributed by atoms with E-state index in [4.69, 9.17) is 9.52 Å². The fraction of sp³-hybridized carbons (Fsp3) is 0.500. The van der Waals surface area contributed by atoms with E-state index in [1.54, 1.807) is 20.8 Å². The molecule has 0 aliphatic heterocycles. The van der Waals surface area contributed by atoms with Crippen molar-refractivity contribution in [2.24, 2.45) is 0 Å². The van der Waals surface area contributed by atoms with E-state index < -0.39 is 17.4 Å². The number of hydrogen-bond donors (Lipinski definition) is 2. The summed E-state index contributed by atoms with van der Waals surface area (Å²) >= 11 is 0. The predicted octanol–water partition coefficient (Wildman–Crippen LogP) is 0.966. The molecule has 0 radical (unpaired) electrons. The molecule has 1 aromatic rings. The van der Waals surface area contributed by atoms with E-state index in [9.17, 15) is 9.59 Å². The molecule has 1 amide bonds. The highest BCUT2D eigenvalue weighted by Gasteiger charge is 2.26. The van der Waals surface area contributed by atoms with Gasteiger partial charge in [0.2, 0.25) is 0 Å². The van der Waals surface area contributed by atoms with Crippen molar-refractivity contribution in [2.75, 3.05) is 0 Å². The number of aliphatic carboxylic acids is 1. The monoisotopic (exact) mass is 226 g/mol. The van der Waals surface area contributed by atoms with E-state index >= 15 is 0 Å². The topological polar surface area (TPSA) is 92.4 Å². The van der Waals surface area contributed by atoms with Gasteiger partial charge in [-0.25, -0.2) is 4.98 Å². The molecule has 1 heterocycles. The lowest BCUT2D eigenvalue weighted by Crippen LogP contribution is -2.45. The number of aryl methyl sites for hydroxylation is 1. The van der Waals surface area contributed by atoms with Gasteiger partial charge in [-0.15, -0.1) is 0 Å². The number of carbonyl (C=O) groups excluding carboxylic acids is 1. The van der Waals surface area contributed by atoms with Crippen molar-refractivity contribution in [3.63, 3.8) is 0 Å². The summed E-state index contributed by atoms with van der Waals surface area (Å²) in [7, 11) is 0. The van der Waals surface area contributed by atoms with Crippen LogP contribution in [0.25, 0.3) is 0 Å². The average molecular weight is 226 g/mol. The maximum absolute atomic E-state index is 11.6. The fourth-order valence-electron chi connectivity index (χ4n) is 1.24. The zero-order chi connectivity index (χ0) is 12.3. The van der Waals surface area contributed by atoms with Crippen molar-refractivity contribution in [1.82, 2.24) is 10.3 Å². The van der Waals surface area contributed by atoms with Crippen molar-refractivity contribution in [1.29, 1.82) is 0 Å². The van der Waals surface area contributed by atoms with Crippen LogP contribution in [0.15, 0.2) is 10.7 Å². The first-order chi connectivity index (χ1) is 7.30. The second-order valence-electron chi connectivity index (χ2n) is 4.20. The lowest BCUT2D eigenvalue weighted by atomic mass is 10.0. The Labute approximate surface area is 92.7 Å². The van der Waals surface area contributed by atoms with Crippen LogP contribution >= 0.6 is 0 Å². The number of rotatable bonds is 4. The molecular formula is C10H14N2O4. The highest BCUT2D eigenvalue weighted by Crippen LogP contribution is 2.10. The molecule has 1 rings (SSSR count). The summed E-state index contributed by atoms with van der Waals surface area (Å²) in [5.74, 6) is -1.55. The van der Waals surface area contributed by atoms with Gasteiger partial charge in [-0.2, -0.15) is 0 Å². The van der Waals surface area contributed by atoms with E-state index in [1.807, 2.05) is 0 Å². The van der Waals surface area contributed by atoms with Gasteiger partial charge < -0.3 is 14.8 Å². The minimum atomic E-state index is -0.978. The van der Waals surface area contributed by atoms with Crippen molar-refractivity contribution in [3.05, 3.63) is 17.8 Å². The molecule has 0 saturated carbocycles. The summed E-state index contributed by atoms with van der Waals surface area (Å²) in [6.45, 7) is 4.94. The number of carbonyl (C=O) groups is 2. The molecule has 0 saturated heterocycles. The first-order valence-corrected chi connectivity index (χ1v) is 4.76. The molecule has 1 aromatic heterocycles. The fourth-order valence-corrected chi connectivity index (χ4v) is 1.24. The van der Waals surface area contributed by atoms with E-state index in [-0.39, 0.29) is 12.3 Å². The molecule has 0 unspecified atom stereocenters. The van der Waals surface area contributed by atoms with Gasteiger partial charge in [-0.3, -0.25) is 9.59 Å². The van der Waals surface area contributed by atoms with Crippen LogP contribution in [0.3, 0.4) is 0 Å². The highest BCUT2D eigenvalue weighted by molar-refractivity contribution is 5.90. The van der Waals surface area contributed by atoms with Crippen LogP contribution in [-0.2, 0) is 4.79 Å². The molecule has 0 aromatic carbocycles. The predicted molar refractivity (Wildman–Crippen MR) is 55.0 cm³/mol. The van der Waals surface area contributed by atoms with Crippen LogP contribution < -0.4 is 5.32 Å². The summed E-state index contributed by atoms with van der Waals surface area (Å²) in [5, 5.41) is 11.2. The van der Waals surface area contributed by atoms with Crippen LogP contribution in [0.4, 0.5) is 0 Å². The van der Waals surface area contributed by atoms with Crippen LogP contribution in [-0.4, -0.2) is 27.5 Å². The van der Waals surface area contributed by atoms with Crippen LogP contribution in [0, 0.1) is 6.92 Å². The van der Waals surface area contributed by atoms with Gasteiger partial charge in [0.25, 0.3) is 5.89 Å². The molecule has 0 aliphatic carbocycles. The Morgan fingerprint density at radius 2 is 2.19 bits per heavy atom. The molecule has 6 heteroatoms. The quantitative estimate of drug-likeness (QED) is 0.797. The molecule has 88 valence electrons. The third-order valence-corrected chi connectivity index (χ3v) is 1.86. The zero-order valence-corrected chi connectivity index (χ0v) is 9.40. The molecule has 0 spiro atoms. The molecule has 0 fully saturated rings. The Morgan fingerprint density at radius 3 is 2.62 bits per heavy atom. The molecule has 2 N–H and O–H groups in total. The number of aromatic nitrogens is 1. The minimum Gasteiger partial charge on any atom is -0.481 e. The van der Waals surface area contributed by atoms with E-state index in [0.29, 0.717) is 5.69 Å². The smallest absolute Gasteiger partial charge is 0.307 e. The number of nitrogens with one attached hydrogen (secondary N) is 1. The number of hydrogen-bond acceptors (Lipinski definition) is 4. The SMILES string of the molecule is Cc1coc(C(=O)NC(C)(C)CC(=O)O)n1. The summed E-state index contributed by atoms with van der Waals surface area (Å²) in [5.41, 5.74) is -0.244. The van der Waals surface area contributed by atoms with Crippen LogP contribution in [0.1, 0.15) is 36.6 Å². The summed E-state index contributed by atoms with van der Waals surface area (Å²) in [6, 6.07) is 0. The van der Waals surface area contributed by atoms with E-state index in [1.165, 1.54) is 6.26 Å².